The van der Waals surface area contributed by atoms with Gasteiger partial charge in [0.05, 0.1) is 24.9 Å². The average Bonchev–Trinajstić information content (AvgIpc) is 2.69. The molecule has 0 saturated heterocycles. The van der Waals surface area contributed by atoms with Crippen LogP contribution in [0, 0.1) is 11.6 Å². The van der Waals surface area contributed by atoms with E-state index in [4.69, 9.17) is 5.11 Å². The SMILES string of the molecule is C[C@@H](CO)Nc1nccc(-c2ccn(C(CO)c3cc(F)cc(F)c3)c(=O)c2)n1. The van der Waals surface area contributed by atoms with E-state index in [9.17, 15) is 18.7 Å². The third-order valence-electron chi connectivity index (χ3n) is 4.33. The average molecular weight is 402 g/mol. The number of nitrogens with one attached hydrogen (secondary N) is 1. The molecule has 0 aliphatic rings. The lowest BCUT2D eigenvalue weighted by atomic mass is 10.1. The maximum Gasteiger partial charge on any atom is 0.251 e. The van der Waals surface area contributed by atoms with E-state index in [2.05, 4.69) is 15.3 Å². The lowest BCUT2D eigenvalue weighted by molar-refractivity contribution is 0.246. The van der Waals surface area contributed by atoms with E-state index in [1.807, 2.05) is 0 Å². The van der Waals surface area contributed by atoms with Crippen LogP contribution in [0.1, 0.15) is 18.5 Å². The molecule has 1 unspecified atom stereocenters. The van der Waals surface area contributed by atoms with Crippen LogP contribution in [0.25, 0.3) is 11.3 Å². The zero-order valence-electron chi connectivity index (χ0n) is 15.6. The third-order valence-corrected chi connectivity index (χ3v) is 4.33. The van der Waals surface area contributed by atoms with Gasteiger partial charge in [0.25, 0.3) is 5.56 Å². The molecule has 0 amide bonds. The van der Waals surface area contributed by atoms with E-state index in [1.165, 1.54) is 23.0 Å². The van der Waals surface area contributed by atoms with Crippen molar-refractivity contribution in [2.24, 2.45) is 0 Å². The quantitative estimate of drug-likeness (QED) is 0.559. The second-order valence-corrected chi connectivity index (χ2v) is 6.56. The topological polar surface area (TPSA) is 100 Å². The molecule has 0 spiro atoms. The number of halogens is 2. The van der Waals surface area contributed by atoms with Crippen molar-refractivity contribution in [1.82, 2.24) is 14.5 Å². The van der Waals surface area contributed by atoms with Gasteiger partial charge >= 0.3 is 0 Å². The van der Waals surface area contributed by atoms with E-state index in [-0.39, 0.29) is 18.2 Å². The third kappa shape index (κ3) is 4.82. The fourth-order valence-electron chi connectivity index (χ4n) is 2.88. The van der Waals surface area contributed by atoms with E-state index < -0.39 is 29.8 Å². The number of hydrogen-bond acceptors (Lipinski definition) is 6. The van der Waals surface area contributed by atoms with Gasteiger partial charge in [-0.1, -0.05) is 0 Å². The van der Waals surface area contributed by atoms with Crippen molar-refractivity contribution in [3.8, 4) is 11.3 Å². The van der Waals surface area contributed by atoms with Crippen molar-refractivity contribution in [2.75, 3.05) is 18.5 Å². The first-order chi connectivity index (χ1) is 13.9. The lowest BCUT2D eigenvalue weighted by Crippen LogP contribution is -2.27. The maximum absolute atomic E-state index is 13.5. The molecule has 0 fully saturated rings. The Balaban J connectivity index is 1.94. The number of rotatable bonds is 7. The number of nitrogens with zero attached hydrogens (tertiary/aromatic N) is 3. The van der Waals surface area contributed by atoms with Crippen LogP contribution >= 0.6 is 0 Å². The molecule has 2 atom stereocenters. The van der Waals surface area contributed by atoms with Crippen molar-refractivity contribution in [1.29, 1.82) is 0 Å². The normalized spacial score (nSPS) is 13.1. The predicted octanol–water partition coefficient (Wildman–Crippen LogP) is 1.96. The number of aliphatic hydroxyl groups excluding tert-OH is 2. The number of anilines is 1. The second kappa shape index (κ2) is 8.89. The smallest absolute Gasteiger partial charge is 0.251 e. The highest BCUT2D eigenvalue weighted by Gasteiger charge is 2.17. The number of aliphatic hydroxyl groups is 2. The Hall–Kier alpha value is -3.17. The summed E-state index contributed by atoms with van der Waals surface area (Å²) in [4.78, 5) is 21.0. The van der Waals surface area contributed by atoms with Crippen molar-refractivity contribution in [3.05, 3.63) is 76.3 Å². The Morgan fingerprint density at radius 1 is 1.10 bits per heavy atom. The van der Waals surface area contributed by atoms with E-state index >= 15 is 0 Å². The van der Waals surface area contributed by atoms with Gasteiger partial charge < -0.3 is 20.1 Å². The number of aromatic nitrogens is 3. The van der Waals surface area contributed by atoms with Gasteiger partial charge in [0.2, 0.25) is 5.95 Å². The molecule has 0 bridgehead atoms. The van der Waals surface area contributed by atoms with Crippen LogP contribution in [0.3, 0.4) is 0 Å². The Bertz CT molecular complexity index is 1040. The first-order valence-corrected chi connectivity index (χ1v) is 8.91. The van der Waals surface area contributed by atoms with E-state index in [0.29, 0.717) is 17.2 Å². The first kappa shape index (κ1) is 20.6. The Kier molecular flexibility index (Phi) is 6.30. The number of hydrogen-bond donors (Lipinski definition) is 3. The van der Waals surface area contributed by atoms with Crippen LogP contribution in [-0.2, 0) is 0 Å². The highest BCUT2D eigenvalue weighted by atomic mass is 19.1. The van der Waals surface area contributed by atoms with E-state index in [1.54, 1.807) is 19.1 Å². The van der Waals surface area contributed by atoms with Crippen molar-refractivity contribution >= 4 is 5.95 Å². The monoisotopic (exact) mass is 402 g/mol. The van der Waals surface area contributed by atoms with Gasteiger partial charge in [0, 0.05) is 36.1 Å². The Morgan fingerprint density at radius 2 is 1.83 bits per heavy atom. The molecule has 3 rings (SSSR count). The molecule has 0 radical (unpaired) electrons. The van der Waals surface area contributed by atoms with Gasteiger partial charge in [0.15, 0.2) is 0 Å². The van der Waals surface area contributed by atoms with Crippen LogP contribution in [-0.4, -0.2) is 44.0 Å². The molecule has 3 N–H and O–H groups in total. The summed E-state index contributed by atoms with van der Waals surface area (Å²) in [5, 5.41) is 21.8. The van der Waals surface area contributed by atoms with Crippen LogP contribution in [0.15, 0.2) is 53.6 Å². The highest BCUT2D eigenvalue weighted by molar-refractivity contribution is 5.59. The van der Waals surface area contributed by atoms with Gasteiger partial charge in [-0.05, 0) is 36.8 Å². The van der Waals surface area contributed by atoms with Crippen LogP contribution in [0.2, 0.25) is 0 Å². The van der Waals surface area contributed by atoms with Gasteiger partial charge in [-0.3, -0.25) is 4.79 Å². The molecule has 29 heavy (non-hydrogen) atoms. The molecule has 3 aromatic rings. The predicted molar refractivity (Wildman–Crippen MR) is 103 cm³/mol. The molecule has 2 aromatic heterocycles. The molecule has 0 aliphatic carbocycles. The van der Waals surface area contributed by atoms with Gasteiger partial charge in [-0.2, -0.15) is 0 Å². The first-order valence-electron chi connectivity index (χ1n) is 8.91. The van der Waals surface area contributed by atoms with Crippen molar-refractivity contribution < 1.29 is 19.0 Å². The van der Waals surface area contributed by atoms with Gasteiger partial charge in [-0.25, -0.2) is 18.7 Å². The Labute approximate surface area is 165 Å². The summed E-state index contributed by atoms with van der Waals surface area (Å²) in [6.45, 7) is 1.16. The molecule has 2 heterocycles. The minimum atomic E-state index is -0.935. The minimum absolute atomic E-state index is 0.0904. The fraction of sp³-hybridized carbons (Fsp3) is 0.250. The molecule has 152 valence electrons. The van der Waals surface area contributed by atoms with Crippen molar-refractivity contribution in [2.45, 2.75) is 19.0 Å². The fourth-order valence-corrected chi connectivity index (χ4v) is 2.88. The molecular weight excluding hydrogens is 382 g/mol. The summed E-state index contributed by atoms with van der Waals surface area (Å²) in [5.74, 6) is -1.28. The summed E-state index contributed by atoms with van der Waals surface area (Å²) in [6, 6.07) is 6.26. The van der Waals surface area contributed by atoms with Gasteiger partial charge in [0.1, 0.15) is 11.6 Å². The van der Waals surface area contributed by atoms with Crippen LogP contribution in [0.5, 0.6) is 0 Å². The van der Waals surface area contributed by atoms with Crippen LogP contribution in [0.4, 0.5) is 14.7 Å². The molecule has 0 saturated carbocycles. The van der Waals surface area contributed by atoms with Gasteiger partial charge in [-0.15, -0.1) is 0 Å². The number of benzene rings is 1. The maximum atomic E-state index is 13.5. The largest absolute Gasteiger partial charge is 0.394 e. The summed E-state index contributed by atoms with van der Waals surface area (Å²) in [5.41, 5.74) is 0.666. The lowest BCUT2D eigenvalue weighted by Gasteiger charge is -2.18. The molecule has 0 aliphatic heterocycles. The second-order valence-electron chi connectivity index (χ2n) is 6.56. The summed E-state index contributed by atoms with van der Waals surface area (Å²) < 4.78 is 28.3. The zero-order chi connectivity index (χ0) is 21.0. The van der Waals surface area contributed by atoms with Crippen LogP contribution < -0.4 is 10.9 Å². The van der Waals surface area contributed by atoms with Crippen molar-refractivity contribution in [3.63, 3.8) is 0 Å². The summed E-state index contributed by atoms with van der Waals surface area (Å²) >= 11 is 0. The Morgan fingerprint density at radius 3 is 2.45 bits per heavy atom. The molecular formula is C20H20F2N4O3. The van der Waals surface area contributed by atoms with E-state index in [0.717, 1.165) is 18.2 Å². The molecule has 7 nitrogen and oxygen atoms in total. The molecule has 1 aromatic carbocycles. The highest BCUT2D eigenvalue weighted by Crippen LogP contribution is 2.21. The standard InChI is InChI=1S/C20H20F2N4O3/c1-12(10-27)24-20-23-4-2-17(25-20)13-3-5-26(19(29)8-13)18(11-28)14-6-15(21)9-16(22)7-14/h2-9,12,18,27-28H,10-11H2,1H3,(H,23,24,25)/t12-,18?/m0/s1. The molecule has 9 heteroatoms. The zero-order valence-corrected chi connectivity index (χ0v) is 15.6. The summed E-state index contributed by atoms with van der Waals surface area (Å²) in [6.07, 6.45) is 2.96. The summed E-state index contributed by atoms with van der Waals surface area (Å²) in [7, 11) is 0. The minimum Gasteiger partial charge on any atom is -0.394 e. The number of pyridine rings is 1.